The van der Waals surface area contributed by atoms with E-state index < -0.39 is 18.3 Å². The molecule has 0 aliphatic carbocycles. The Bertz CT molecular complexity index is 1310. The van der Waals surface area contributed by atoms with E-state index in [1.807, 2.05) is 19.1 Å². The number of anilines is 1. The molecular formula is C23H18ClF3N4O3. The molecule has 0 bridgehead atoms. The fourth-order valence-electron chi connectivity index (χ4n) is 3.27. The zero-order valence-corrected chi connectivity index (χ0v) is 18.3. The second kappa shape index (κ2) is 9.24. The number of aromatic nitrogens is 3. The third kappa shape index (κ3) is 5.24. The number of nitrogens with zero attached hydrogens (tertiary/aromatic N) is 3. The summed E-state index contributed by atoms with van der Waals surface area (Å²) in [7, 11) is 0. The van der Waals surface area contributed by atoms with Gasteiger partial charge in [-0.2, -0.15) is 9.67 Å². The van der Waals surface area contributed by atoms with Gasteiger partial charge < -0.3 is 20.3 Å². The SMILES string of the molecule is Cc1ccccc1C(O)Nc1nc(-c2cc(Cl)ccc2O)nn1-c1ccc(OC(F)(F)F)cc1. The van der Waals surface area contributed by atoms with Gasteiger partial charge in [0, 0.05) is 10.6 Å². The average molecular weight is 491 g/mol. The molecule has 0 amide bonds. The minimum Gasteiger partial charge on any atom is -0.507 e. The van der Waals surface area contributed by atoms with E-state index in [1.54, 1.807) is 12.1 Å². The molecule has 4 rings (SSSR count). The zero-order valence-electron chi connectivity index (χ0n) is 17.6. The molecule has 34 heavy (non-hydrogen) atoms. The van der Waals surface area contributed by atoms with Gasteiger partial charge in [-0.25, -0.2) is 0 Å². The van der Waals surface area contributed by atoms with Gasteiger partial charge in [-0.15, -0.1) is 18.3 Å². The average Bonchev–Trinajstić information content (AvgIpc) is 3.18. The Morgan fingerprint density at radius 2 is 1.76 bits per heavy atom. The summed E-state index contributed by atoms with van der Waals surface area (Å²) in [6, 6.07) is 16.5. The van der Waals surface area contributed by atoms with Crippen molar-refractivity contribution >= 4 is 17.5 Å². The number of hydrogen-bond donors (Lipinski definition) is 3. The number of phenolic OH excluding ortho intramolecular Hbond substituents is 1. The molecule has 176 valence electrons. The van der Waals surface area contributed by atoms with Crippen molar-refractivity contribution in [2.75, 3.05) is 5.32 Å². The summed E-state index contributed by atoms with van der Waals surface area (Å²) in [5.74, 6) is -0.371. The van der Waals surface area contributed by atoms with Crippen LogP contribution in [0, 0.1) is 6.92 Å². The molecule has 0 aliphatic rings. The number of rotatable bonds is 6. The van der Waals surface area contributed by atoms with Crippen LogP contribution in [-0.2, 0) is 0 Å². The molecule has 0 saturated carbocycles. The lowest BCUT2D eigenvalue weighted by Crippen LogP contribution is -2.17. The largest absolute Gasteiger partial charge is 0.573 e. The molecule has 0 saturated heterocycles. The summed E-state index contributed by atoms with van der Waals surface area (Å²) >= 11 is 6.05. The van der Waals surface area contributed by atoms with Crippen LogP contribution in [0.2, 0.25) is 5.02 Å². The minimum atomic E-state index is -4.82. The van der Waals surface area contributed by atoms with E-state index in [0.29, 0.717) is 16.3 Å². The third-order valence-electron chi connectivity index (χ3n) is 4.87. The molecule has 0 radical (unpaired) electrons. The lowest BCUT2D eigenvalue weighted by atomic mass is 10.1. The molecule has 7 nitrogen and oxygen atoms in total. The smallest absolute Gasteiger partial charge is 0.507 e. The van der Waals surface area contributed by atoms with E-state index in [1.165, 1.54) is 35.0 Å². The van der Waals surface area contributed by atoms with Gasteiger partial charge in [0.1, 0.15) is 11.5 Å². The van der Waals surface area contributed by atoms with Crippen LogP contribution in [0.15, 0.2) is 66.7 Å². The van der Waals surface area contributed by atoms with Crippen molar-refractivity contribution in [3.05, 3.63) is 82.9 Å². The molecule has 3 aromatic carbocycles. The summed E-state index contributed by atoms with van der Waals surface area (Å²) in [4.78, 5) is 4.39. The lowest BCUT2D eigenvalue weighted by molar-refractivity contribution is -0.274. The van der Waals surface area contributed by atoms with E-state index in [9.17, 15) is 23.4 Å². The van der Waals surface area contributed by atoms with Crippen LogP contribution in [0.5, 0.6) is 11.5 Å². The molecule has 1 atom stereocenters. The van der Waals surface area contributed by atoms with Crippen molar-refractivity contribution in [2.24, 2.45) is 0 Å². The zero-order chi connectivity index (χ0) is 24.5. The summed E-state index contributed by atoms with van der Waals surface area (Å²) < 4.78 is 42.7. The molecule has 0 aliphatic heterocycles. The van der Waals surface area contributed by atoms with Gasteiger partial charge >= 0.3 is 6.36 Å². The minimum absolute atomic E-state index is 0.0784. The van der Waals surface area contributed by atoms with Crippen LogP contribution in [0.1, 0.15) is 17.4 Å². The van der Waals surface area contributed by atoms with E-state index >= 15 is 0 Å². The highest BCUT2D eigenvalue weighted by atomic mass is 35.5. The summed E-state index contributed by atoms with van der Waals surface area (Å²) in [5.41, 5.74) is 1.99. The van der Waals surface area contributed by atoms with Gasteiger partial charge in [0.05, 0.1) is 11.3 Å². The molecule has 1 unspecified atom stereocenters. The predicted octanol–water partition coefficient (Wildman–Crippen LogP) is 5.60. The first-order valence-corrected chi connectivity index (χ1v) is 10.3. The second-order valence-corrected chi connectivity index (χ2v) is 7.71. The van der Waals surface area contributed by atoms with Crippen LogP contribution in [-0.4, -0.2) is 31.3 Å². The Morgan fingerprint density at radius 1 is 1.06 bits per heavy atom. The van der Waals surface area contributed by atoms with Gasteiger partial charge in [-0.05, 0) is 55.0 Å². The number of halogens is 4. The first kappa shape index (κ1) is 23.4. The van der Waals surface area contributed by atoms with Crippen LogP contribution < -0.4 is 10.1 Å². The summed E-state index contributed by atoms with van der Waals surface area (Å²) in [6.07, 6.45) is -5.99. The Labute approximate surface area is 197 Å². The maximum atomic E-state index is 12.5. The Kier molecular flexibility index (Phi) is 6.36. The van der Waals surface area contributed by atoms with Crippen molar-refractivity contribution in [2.45, 2.75) is 19.5 Å². The number of alkyl halides is 3. The molecule has 0 fully saturated rings. The molecular weight excluding hydrogens is 473 g/mol. The quantitative estimate of drug-likeness (QED) is 0.305. The number of aliphatic hydroxyl groups excluding tert-OH is 1. The molecule has 1 aromatic heterocycles. The Hall–Kier alpha value is -3.76. The molecule has 1 heterocycles. The van der Waals surface area contributed by atoms with E-state index in [-0.39, 0.29) is 23.1 Å². The van der Waals surface area contributed by atoms with Gasteiger partial charge in [0.2, 0.25) is 5.95 Å². The number of aryl methyl sites for hydroxylation is 1. The number of aliphatic hydroxyl groups is 1. The third-order valence-corrected chi connectivity index (χ3v) is 5.11. The van der Waals surface area contributed by atoms with Crippen LogP contribution in [0.3, 0.4) is 0 Å². The Morgan fingerprint density at radius 3 is 2.44 bits per heavy atom. The standard InChI is InChI=1S/C23H18ClF3N4O3/c1-13-4-2-3-5-17(13)21(33)29-22-28-20(18-12-14(24)6-11-19(18)32)30-31(22)15-7-9-16(10-8-15)34-23(25,26)27/h2-12,21,32-33H,1H3,(H,28,29,30). The molecule has 11 heteroatoms. The molecule has 4 aromatic rings. The van der Waals surface area contributed by atoms with Gasteiger partial charge in [-0.1, -0.05) is 35.9 Å². The van der Waals surface area contributed by atoms with Gasteiger partial charge in [0.15, 0.2) is 12.1 Å². The summed E-state index contributed by atoms with van der Waals surface area (Å²) in [5, 5.41) is 28.6. The Balaban J connectivity index is 1.75. The maximum absolute atomic E-state index is 12.5. The first-order valence-electron chi connectivity index (χ1n) is 9.93. The number of hydrogen-bond acceptors (Lipinski definition) is 6. The summed E-state index contributed by atoms with van der Waals surface area (Å²) in [6.45, 7) is 1.83. The molecule has 0 spiro atoms. The van der Waals surface area contributed by atoms with Gasteiger partial charge in [0.25, 0.3) is 0 Å². The van der Waals surface area contributed by atoms with E-state index in [4.69, 9.17) is 11.6 Å². The fraction of sp³-hybridized carbons (Fsp3) is 0.130. The lowest BCUT2D eigenvalue weighted by Gasteiger charge is -2.16. The number of ether oxygens (including phenoxy) is 1. The highest BCUT2D eigenvalue weighted by Crippen LogP contribution is 2.32. The maximum Gasteiger partial charge on any atom is 0.573 e. The topological polar surface area (TPSA) is 92.4 Å². The molecule has 3 N–H and O–H groups in total. The number of nitrogens with one attached hydrogen (secondary N) is 1. The van der Waals surface area contributed by atoms with Crippen LogP contribution in [0.4, 0.5) is 19.1 Å². The van der Waals surface area contributed by atoms with Crippen molar-refractivity contribution in [3.63, 3.8) is 0 Å². The predicted molar refractivity (Wildman–Crippen MR) is 120 cm³/mol. The van der Waals surface area contributed by atoms with E-state index in [2.05, 4.69) is 20.1 Å². The van der Waals surface area contributed by atoms with Crippen molar-refractivity contribution < 1.29 is 28.1 Å². The first-order chi connectivity index (χ1) is 16.1. The normalized spacial score (nSPS) is 12.4. The van der Waals surface area contributed by atoms with Crippen LogP contribution >= 0.6 is 11.6 Å². The number of phenols is 1. The number of aromatic hydroxyl groups is 1. The van der Waals surface area contributed by atoms with Crippen molar-refractivity contribution in [3.8, 4) is 28.6 Å². The van der Waals surface area contributed by atoms with E-state index in [0.717, 1.165) is 17.7 Å². The van der Waals surface area contributed by atoms with Gasteiger partial charge in [-0.3, -0.25) is 0 Å². The van der Waals surface area contributed by atoms with Crippen LogP contribution in [0.25, 0.3) is 17.1 Å². The fourth-order valence-corrected chi connectivity index (χ4v) is 3.44. The number of benzene rings is 3. The highest BCUT2D eigenvalue weighted by Gasteiger charge is 2.31. The van der Waals surface area contributed by atoms with Crippen molar-refractivity contribution in [1.29, 1.82) is 0 Å². The monoisotopic (exact) mass is 490 g/mol. The highest BCUT2D eigenvalue weighted by molar-refractivity contribution is 6.30. The second-order valence-electron chi connectivity index (χ2n) is 7.28. The van der Waals surface area contributed by atoms with Crippen molar-refractivity contribution in [1.82, 2.24) is 14.8 Å².